The molecule has 0 radical (unpaired) electrons. The Labute approximate surface area is 115 Å². The molecule has 1 aromatic carbocycles. The van der Waals surface area contributed by atoms with E-state index in [0.29, 0.717) is 0 Å². The molecule has 0 amide bonds. The Morgan fingerprint density at radius 3 is 2.21 bits per heavy atom. The average Bonchev–Trinajstić information content (AvgIpc) is 2.49. The molecule has 0 N–H and O–H groups in total. The zero-order valence-electron chi connectivity index (χ0n) is 11.7. The Bertz CT molecular complexity index is 462. The molecule has 1 heterocycles. The van der Waals surface area contributed by atoms with E-state index >= 15 is 0 Å². The van der Waals surface area contributed by atoms with Crippen molar-refractivity contribution in [1.29, 1.82) is 0 Å². The van der Waals surface area contributed by atoms with Crippen molar-refractivity contribution in [3.63, 3.8) is 0 Å². The molecule has 0 aliphatic rings. The predicted octanol–water partition coefficient (Wildman–Crippen LogP) is 4.66. The van der Waals surface area contributed by atoms with Gasteiger partial charge in [0.15, 0.2) is 5.82 Å². The van der Waals surface area contributed by atoms with Crippen LogP contribution in [0.15, 0.2) is 42.7 Å². The molecule has 0 fully saturated rings. The van der Waals surface area contributed by atoms with Gasteiger partial charge in [-0.3, -0.25) is 0 Å². The van der Waals surface area contributed by atoms with Crippen LogP contribution in [-0.4, -0.2) is 9.97 Å². The predicted molar refractivity (Wildman–Crippen MR) is 79.9 cm³/mol. The lowest BCUT2D eigenvalue weighted by Crippen LogP contribution is -1.89. The quantitative estimate of drug-likeness (QED) is 0.672. The van der Waals surface area contributed by atoms with Crippen molar-refractivity contribution in [2.45, 2.75) is 45.4 Å². The first-order valence-corrected chi connectivity index (χ1v) is 7.26. The molecule has 19 heavy (non-hydrogen) atoms. The van der Waals surface area contributed by atoms with Crippen molar-refractivity contribution in [3.8, 4) is 11.4 Å². The first kappa shape index (κ1) is 13.7. The first-order chi connectivity index (χ1) is 9.40. The van der Waals surface area contributed by atoms with E-state index in [9.17, 15) is 0 Å². The standard InChI is InChI=1S/C17H22N2/c1-2-3-4-5-6-8-15-9-11-16(12-10-15)17-18-13-7-14-19-17/h7,9-14H,2-6,8H2,1H3. The van der Waals surface area contributed by atoms with Crippen LogP contribution < -0.4 is 0 Å². The molecule has 2 rings (SSSR count). The van der Waals surface area contributed by atoms with Crippen molar-refractivity contribution < 1.29 is 0 Å². The molecular formula is C17H22N2. The van der Waals surface area contributed by atoms with Crippen molar-refractivity contribution >= 4 is 0 Å². The van der Waals surface area contributed by atoms with Gasteiger partial charge in [0.1, 0.15) is 0 Å². The summed E-state index contributed by atoms with van der Waals surface area (Å²) in [6, 6.07) is 10.5. The van der Waals surface area contributed by atoms with E-state index in [1.807, 2.05) is 6.07 Å². The Hall–Kier alpha value is -1.70. The van der Waals surface area contributed by atoms with Crippen LogP contribution >= 0.6 is 0 Å². The molecule has 2 heteroatoms. The number of hydrogen-bond donors (Lipinski definition) is 0. The fourth-order valence-corrected chi connectivity index (χ4v) is 2.20. The van der Waals surface area contributed by atoms with Crippen LogP contribution in [0, 0.1) is 0 Å². The summed E-state index contributed by atoms with van der Waals surface area (Å²) in [6.45, 7) is 2.25. The number of hydrogen-bond acceptors (Lipinski definition) is 2. The second-order valence-electron chi connectivity index (χ2n) is 4.93. The molecule has 100 valence electrons. The van der Waals surface area contributed by atoms with Gasteiger partial charge in [-0.2, -0.15) is 0 Å². The van der Waals surface area contributed by atoms with E-state index in [1.165, 1.54) is 44.1 Å². The molecule has 0 spiro atoms. The lowest BCUT2D eigenvalue weighted by molar-refractivity contribution is 0.632. The number of aromatic nitrogens is 2. The zero-order valence-corrected chi connectivity index (χ0v) is 11.7. The molecule has 0 atom stereocenters. The van der Waals surface area contributed by atoms with Gasteiger partial charge in [0.05, 0.1) is 0 Å². The lowest BCUT2D eigenvalue weighted by Gasteiger charge is -2.03. The number of rotatable bonds is 7. The highest BCUT2D eigenvalue weighted by molar-refractivity contribution is 5.54. The van der Waals surface area contributed by atoms with Gasteiger partial charge in [-0.05, 0) is 24.5 Å². The van der Waals surface area contributed by atoms with E-state index in [0.717, 1.165) is 11.4 Å². The van der Waals surface area contributed by atoms with Crippen LogP contribution in [0.4, 0.5) is 0 Å². The highest BCUT2D eigenvalue weighted by atomic mass is 14.8. The van der Waals surface area contributed by atoms with Gasteiger partial charge in [-0.15, -0.1) is 0 Å². The monoisotopic (exact) mass is 254 g/mol. The van der Waals surface area contributed by atoms with Crippen LogP contribution in [-0.2, 0) is 6.42 Å². The van der Waals surface area contributed by atoms with Gasteiger partial charge in [0.25, 0.3) is 0 Å². The third-order valence-electron chi connectivity index (χ3n) is 3.35. The minimum Gasteiger partial charge on any atom is -0.237 e. The third-order valence-corrected chi connectivity index (χ3v) is 3.35. The highest BCUT2D eigenvalue weighted by Crippen LogP contribution is 2.16. The highest BCUT2D eigenvalue weighted by Gasteiger charge is 2.00. The molecule has 0 aliphatic carbocycles. The summed E-state index contributed by atoms with van der Waals surface area (Å²) in [5.41, 5.74) is 2.51. The fraction of sp³-hybridized carbons (Fsp3) is 0.412. The zero-order chi connectivity index (χ0) is 13.3. The summed E-state index contributed by atoms with van der Waals surface area (Å²) in [6.07, 6.45) is 11.4. The topological polar surface area (TPSA) is 25.8 Å². The van der Waals surface area contributed by atoms with Crippen LogP contribution in [0.3, 0.4) is 0 Å². The maximum atomic E-state index is 4.26. The van der Waals surface area contributed by atoms with E-state index in [2.05, 4.69) is 41.2 Å². The Balaban J connectivity index is 1.85. The van der Waals surface area contributed by atoms with Crippen LogP contribution in [0.1, 0.15) is 44.6 Å². The second kappa shape index (κ2) is 7.67. The van der Waals surface area contributed by atoms with Gasteiger partial charge in [-0.1, -0.05) is 56.9 Å². The summed E-state index contributed by atoms with van der Waals surface area (Å²) in [5.74, 6) is 0.803. The molecule has 0 saturated carbocycles. The molecule has 0 bridgehead atoms. The summed E-state index contributed by atoms with van der Waals surface area (Å²) in [7, 11) is 0. The second-order valence-corrected chi connectivity index (χ2v) is 4.93. The van der Waals surface area contributed by atoms with Gasteiger partial charge in [-0.25, -0.2) is 9.97 Å². The van der Waals surface area contributed by atoms with Gasteiger partial charge in [0.2, 0.25) is 0 Å². The number of benzene rings is 1. The van der Waals surface area contributed by atoms with Gasteiger partial charge < -0.3 is 0 Å². The lowest BCUT2D eigenvalue weighted by atomic mass is 10.0. The van der Waals surface area contributed by atoms with Crippen molar-refractivity contribution in [2.75, 3.05) is 0 Å². The molecule has 0 unspecified atom stereocenters. The summed E-state index contributed by atoms with van der Waals surface area (Å²) >= 11 is 0. The van der Waals surface area contributed by atoms with Crippen LogP contribution in [0.25, 0.3) is 11.4 Å². The number of nitrogens with zero attached hydrogens (tertiary/aromatic N) is 2. The van der Waals surface area contributed by atoms with Gasteiger partial charge >= 0.3 is 0 Å². The summed E-state index contributed by atoms with van der Waals surface area (Å²) < 4.78 is 0. The van der Waals surface area contributed by atoms with Crippen LogP contribution in [0.5, 0.6) is 0 Å². The Morgan fingerprint density at radius 2 is 1.53 bits per heavy atom. The largest absolute Gasteiger partial charge is 0.237 e. The van der Waals surface area contributed by atoms with Crippen molar-refractivity contribution in [1.82, 2.24) is 9.97 Å². The molecule has 0 saturated heterocycles. The van der Waals surface area contributed by atoms with E-state index in [-0.39, 0.29) is 0 Å². The number of unbranched alkanes of at least 4 members (excludes halogenated alkanes) is 4. The number of aryl methyl sites for hydroxylation is 1. The Kier molecular flexibility index (Phi) is 5.54. The molecule has 0 aliphatic heterocycles. The maximum absolute atomic E-state index is 4.26. The molecular weight excluding hydrogens is 232 g/mol. The summed E-state index contributed by atoms with van der Waals surface area (Å²) in [4.78, 5) is 8.53. The third kappa shape index (κ3) is 4.47. The van der Waals surface area contributed by atoms with Crippen molar-refractivity contribution in [2.24, 2.45) is 0 Å². The van der Waals surface area contributed by atoms with Gasteiger partial charge in [0, 0.05) is 18.0 Å². The van der Waals surface area contributed by atoms with Crippen molar-refractivity contribution in [3.05, 3.63) is 48.3 Å². The molecule has 2 aromatic rings. The smallest absolute Gasteiger partial charge is 0.159 e. The van der Waals surface area contributed by atoms with E-state index in [4.69, 9.17) is 0 Å². The normalized spacial score (nSPS) is 10.6. The summed E-state index contributed by atoms with van der Waals surface area (Å²) in [5, 5.41) is 0. The van der Waals surface area contributed by atoms with Crippen LogP contribution in [0.2, 0.25) is 0 Å². The molecule has 2 nitrogen and oxygen atoms in total. The minimum atomic E-state index is 0.803. The van der Waals surface area contributed by atoms with E-state index < -0.39 is 0 Å². The van der Waals surface area contributed by atoms with E-state index in [1.54, 1.807) is 12.4 Å². The molecule has 1 aromatic heterocycles. The average molecular weight is 254 g/mol. The maximum Gasteiger partial charge on any atom is 0.159 e. The Morgan fingerprint density at radius 1 is 0.842 bits per heavy atom. The SMILES string of the molecule is CCCCCCCc1ccc(-c2ncccn2)cc1. The minimum absolute atomic E-state index is 0.803. The fourth-order valence-electron chi connectivity index (χ4n) is 2.20. The first-order valence-electron chi connectivity index (χ1n) is 7.26.